The summed E-state index contributed by atoms with van der Waals surface area (Å²) >= 11 is 5.94. The predicted molar refractivity (Wildman–Crippen MR) is 67.6 cm³/mol. The molecule has 1 atom stereocenters. The molecule has 0 aliphatic carbocycles. The normalized spacial score (nSPS) is 12.2. The van der Waals surface area contributed by atoms with Gasteiger partial charge in [-0.3, -0.25) is 0 Å². The lowest BCUT2D eigenvalue weighted by atomic mass is 10.1. The maximum atomic E-state index is 8.88. The highest BCUT2D eigenvalue weighted by atomic mass is 35.5. The molecule has 0 aliphatic heterocycles. The maximum absolute atomic E-state index is 8.88. The van der Waals surface area contributed by atoms with Crippen LogP contribution in [0.3, 0.4) is 0 Å². The summed E-state index contributed by atoms with van der Waals surface area (Å²) in [6, 6.07) is 0.292. The summed E-state index contributed by atoms with van der Waals surface area (Å²) in [4.78, 5) is 7.99. The van der Waals surface area contributed by atoms with Crippen LogP contribution in [0.15, 0.2) is 6.20 Å². The third-order valence-corrected chi connectivity index (χ3v) is 2.66. The second-order valence-corrected chi connectivity index (χ2v) is 4.32. The monoisotopic (exact) mass is 259 g/mol. The molecule has 0 saturated carbocycles. The Kier molecular flexibility index (Phi) is 6.00. The Morgan fingerprint density at radius 2 is 2.35 bits per heavy atom. The summed E-state index contributed by atoms with van der Waals surface area (Å²) in [5.41, 5.74) is 0. The van der Waals surface area contributed by atoms with E-state index < -0.39 is 0 Å². The fraction of sp³-hybridized carbons (Fsp3) is 0.636. The number of hydrogen-bond acceptors (Lipinski definition) is 5. The first-order valence-corrected chi connectivity index (χ1v) is 5.96. The van der Waals surface area contributed by atoms with E-state index in [-0.39, 0.29) is 6.61 Å². The van der Waals surface area contributed by atoms with Gasteiger partial charge in [0.2, 0.25) is 0 Å². The maximum Gasteiger partial charge on any atom is 0.318 e. The number of rotatable bonds is 7. The topological polar surface area (TPSA) is 67.3 Å². The van der Waals surface area contributed by atoms with Gasteiger partial charge in [-0.15, -0.1) is 0 Å². The molecule has 1 aromatic heterocycles. The fourth-order valence-corrected chi connectivity index (χ4v) is 1.48. The van der Waals surface area contributed by atoms with Crippen molar-refractivity contribution in [2.75, 3.05) is 25.6 Å². The Balaban J connectivity index is 2.40. The number of aliphatic hydroxyl groups is 1. The van der Waals surface area contributed by atoms with E-state index in [2.05, 4.69) is 15.3 Å². The summed E-state index contributed by atoms with van der Waals surface area (Å²) in [6.07, 6.45) is 3.42. The van der Waals surface area contributed by atoms with Crippen molar-refractivity contribution in [1.29, 1.82) is 0 Å². The molecular weight excluding hydrogens is 242 g/mol. The first-order valence-electron chi connectivity index (χ1n) is 5.58. The Labute approximate surface area is 106 Å². The molecule has 96 valence electrons. The van der Waals surface area contributed by atoms with E-state index >= 15 is 0 Å². The Morgan fingerprint density at radius 3 is 3.00 bits per heavy atom. The van der Waals surface area contributed by atoms with Crippen molar-refractivity contribution in [1.82, 2.24) is 9.97 Å². The molecule has 0 radical (unpaired) electrons. The summed E-state index contributed by atoms with van der Waals surface area (Å²) in [5, 5.41) is 12.5. The zero-order chi connectivity index (χ0) is 12.7. The summed E-state index contributed by atoms with van der Waals surface area (Å²) in [5.74, 6) is 0.905. The predicted octanol–water partition coefficient (Wildman–Crippen LogP) is 1.96. The SMILES string of the molecule is COc1ncc(Cl)c(NCCCC(C)CO)n1. The minimum atomic E-state index is 0.224. The summed E-state index contributed by atoms with van der Waals surface area (Å²) < 4.78 is 4.92. The Hall–Kier alpha value is -1.07. The van der Waals surface area contributed by atoms with Gasteiger partial charge < -0.3 is 15.2 Å². The first kappa shape index (κ1) is 14.0. The number of halogens is 1. The molecular formula is C11H18ClN3O2. The number of ether oxygens (including phenoxy) is 1. The van der Waals surface area contributed by atoms with Gasteiger partial charge >= 0.3 is 6.01 Å². The van der Waals surface area contributed by atoms with Crippen LogP contribution in [0.25, 0.3) is 0 Å². The van der Waals surface area contributed by atoms with Crippen molar-refractivity contribution < 1.29 is 9.84 Å². The largest absolute Gasteiger partial charge is 0.467 e. The van der Waals surface area contributed by atoms with Crippen LogP contribution < -0.4 is 10.1 Å². The lowest BCUT2D eigenvalue weighted by Gasteiger charge is -2.10. The minimum absolute atomic E-state index is 0.224. The van der Waals surface area contributed by atoms with Gasteiger partial charge in [0.15, 0.2) is 5.82 Å². The van der Waals surface area contributed by atoms with Gasteiger partial charge in [0, 0.05) is 13.2 Å². The van der Waals surface area contributed by atoms with Crippen molar-refractivity contribution >= 4 is 17.4 Å². The van der Waals surface area contributed by atoms with Crippen LogP contribution in [0.2, 0.25) is 5.02 Å². The highest BCUT2D eigenvalue weighted by molar-refractivity contribution is 6.32. The number of aromatic nitrogens is 2. The van der Waals surface area contributed by atoms with Crippen molar-refractivity contribution in [3.63, 3.8) is 0 Å². The number of aliphatic hydroxyl groups excluding tert-OH is 1. The molecule has 5 nitrogen and oxygen atoms in total. The van der Waals surface area contributed by atoms with Gasteiger partial charge in [0.05, 0.1) is 13.3 Å². The molecule has 1 aromatic rings. The second kappa shape index (κ2) is 7.29. The van der Waals surface area contributed by atoms with Crippen LogP contribution in [0.5, 0.6) is 6.01 Å². The molecule has 0 spiro atoms. The average molecular weight is 260 g/mol. The van der Waals surface area contributed by atoms with E-state index in [1.54, 1.807) is 0 Å². The third kappa shape index (κ3) is 4.75. The molecule has 6 heteroatoms. The Bertz CT molecular complexity index is 349. The number of nitrogens with zero attached hydrogens (tertiary/aromatic N) is 2. The fourth-order valence-electron chi connectivity index (χ4n) is 1.32. The van der Waals surface area contributed by atoms with Crippen molar-refractivity contribution in [3.05, 3.63) is 11.2 Å². The van der Waals surface area contributed by atoms with Crippen LogP contribution in [0.1, 0.15) is 19.8 Å². The van der Waals surface area contributed by atoms with E-state index in [4.69, 9.17) is 21.4 Å². The lowest BCUT2D eigenvalue weighted by Crippen LogP contribution is -2.08. The van der Waals surface area contributed by atoms with Crippen LogP contribution in [0.4, 0.5) is 5.82 Å². The quantitative estimate of drug-likeness (QED) is 0.733. The Morgan fingerprint density at radius 1 is 1.59 bits per heavy atom. The number of hydrogen-bond donors (Lipinski definition) is 2. The van der Waals surface area contributed by atoms with Crippen LogP contribution in [-0.4, -0.2) is 35.3 Å². The number of anilines is 1. The van der Waals surface area contributed by atoms with Gasteiger partial charge in [0.1, 0.15) is 5.02 Å². The molecule has 0 amide bonds. The third-order valence-electron chi connectivity index (χ3n) is 2.38. The number of nitrogens with one attached hydrogen (secondary N) is 1. The second-order valence-electron chi connectivity index (χ2n) is 3.91. The van der Waals surface area contributed by atoms with Crippen LogP contribution in [-0.2, 0) is 0 Å². The zero-order valence-electron chi connectivity index (χ0n) is 10.1. The smallest absolute Gasteiger partial charge is 0.318 e. The molecule has 0 aromatic carbocycles. The zero-order valence-corrected chi connectivity index (χ0v) is 10.9. The van der Waals surface area contributed by atoms with Gasteiger partial charge in [-0.1, -0.05) is 18.5 Å². The molecule has 1 rings (SSSR count). The summed E-state index contributed by atoms with van der Waals surface area (Å²) in [7, 11) is 1.51. The lowest BCUT2D eigenvalue weighted by molar-refractivity contribution is 0.229. The molecule has 1 heterocycles. The molecule has 0 aliphatic rings. The molecule has 2 N–H and O–H groups in total. The van der Waals surface area contributed by atoms with Gasteiger partial charge in [0.25, 0.3) is 0 Å². The summed E-state index contributed by atoms with van der Waals surface area (Å²) in [6.45, 7) is 2.99. The van der Waals surface area contributed by atoms with E-state index in [0.29, 0.717) is 22.8 Å². The molecule has 17 heavy (non-hydrogen) atoms. The van der Waals surface area contributed by atoms with Crippen LogP contribution in [0, 0.1) is 5.92 Å². The highest BCUT2D eigenvalue weighted by Crippen LogP contribution is 2.20. The number of methoxy groups -OCH3 is 1. The van der Waals surface area contributed by atoms with Gasteiger partial charge in [-0.2, -0.15) is 4.98 Å². The van der Waals surface area contributed by atoms with E-state index in [0.717, 1.165) is 19.4 Å². The molecule has 1 unspecified atom stereocenters. The van der Waals surface area contributed by atoms with E-state index in [1.807, 2.05) is 6.92 Å². The average Bonchev–Trinajstić information content (AvgIpc) is 2.36. The van der Waals surface area contributed by atoms with Gasteiger partial charge in [-0.25, -0.2) is 4.98 Å². The molecule has 0 saturated heterocycles. The standard InChI is InChI=1S/C11H18ClN3O2/c1-8(7-16)4-3-5-13-10-9(12)6-14-11(15-10)17-2/h6,8,16H,3-5,7H2,1-2H3,(H,13,14,15). The van der Waals surface area contributed by atoms with Crippen LogP contribution >= 0.6 is 11.6 Å². The van der Waals surface area contributed by atoms with Crippen molar-refractivity contribution in [2.24, 2.45) is 5.92 Å². The minimum Gasteiger partial charge on any atom is -0.467 e. The van der Waals surface area contributed by atoms with Crippen molar-refractivity contribution in [2.45, 2.75) is 19.8 Å². The first-order chi connectivity index (χ1) is 8.17. The van der Waals surface area contributed by atoms with E-state index in [1.165, 1.54) is 13.3 Å². The van der Waals surface area contributed by atoms with E-state index in [9.17, 15) is 0 Å². The van der Waals surface area contributed by atoms with Crippen molar-refractivity contribution in [3.8, 4) is 6.01 Å². The highest BCUT2D eigenvalue weighted by Gasteiger charge is 2.05. The molecule has 0 bridgehead atoms. The molecule has 0 fully saturated rings. The van der Waals surface area contributed by atoms with Gasteiger partial charge in [-0.05, 0) is 18.8 Å².